The Morgan fingerprint density at radius 3 is 1.98 bits per heavy atom. The number of hydrogen-bond acceptors (Lipinski definition) is 19. The summed E-state index contributed by atoms with van der Waals surface area (Å²) in [5.74, 6) is -10.5. The van der Waals surface area contributed by atoms with Gasteiger partial charge in [0.2, 0.25) is 17.7 Å². The number of allylic oxidation sites excluding steroid dienone is 5. The van der Waals surface area contributed by atoms with Crippen molar-refractivity contribution in [2.45, 2.75) is 306 Å². The largest absolute Gasteiger partial charge is 0.479 e. The van der Waals surface area contributed by atoms with Crippen molar-refractivity contribution in [2.24, 2.45) is 64.1 Å². The third-order valence-electron chi connectivity index (χ3n) is 20.7. The summed E-state index contributed by atoms with van der Waals surface area (Å²) in [7, 11) is 1.63. The first-order chi connectivity index (χ1) is 47.3. The second-order valence-corrected chi connectivity index (χ2v) is 31.6. The first kappa shape index (κ1) is 92.8. The summed E-state index contributed by atoms with van der Waals surface area (Å²) < 4.78 is 18.3. The van der Waals surface area contributed by atoms with Crippen molar-refractivity contribution < 1.29 is 99.1 Å². The van der Waals surface area contributed by atoms with Crippen molar-refractivity contribution in [3.05, 3.63) is 83.6 Å². The Bertz CT molecular complexity index is 2840. The topological polar surface area (TPSA) is 389 Å². The van der Waals surface area contributed by atoms with Crippen LogP contribution in [0, 0.1) is 64.1 Å². The number of carboxylic acid groups (broad SMARTS) is 1. The summed E-state index contributed by atoms with van der Waals surface area (Å²) in [5, 5.41) is 132. The molecule has 0 aliphatic carbocycles. The van der Waals surface area contributed by atoms with E-state index in [0.29, 0.717) is 29.6 Å². The number of amides is 3. The molecule has 2 bridgehead atoms. The molecular formula is C79H133N3O20. The van der Waals surface area contributed by atoms with Gasteiger partial charge in [0.15, 0.2) is 12.1 Å². The molecule has 0 saturated carbocycles. The van der Waals surface area contributed by atoms with Gasteiger partial charge in [-0.2, -0.15) is 0 Å². The summed E-state index contributed by atoms with van der Waals surface area (Å²) in [5.41, 5.74) is -0.781. The van der Waals surface area contributed by atoms with Gasteiger partial charge in [0.25, 0.3) is 0 Å². The van der Waals surface area contributed by atoms with E-state index in [-0.39, 0.29) is 67.5 Å². The van der Waals surface area contributed by atoms with E-state index < -0.39 is 161 Å². The summed E-state index contributed by atoms with van der Waals surface area (Å²) in [6, 6.07) is -4.45. The van der Waals surface area contributed by atoms with Crippen LogP contribution in [0.1, 0.15) is 202 Å². The molecule has 23 nitrogen and oxygen atoms in total. The molecule has 102 heavy (non-hydrogen) atoms. The number of methoxy groups -OCH3 is 1. The Hall–Kier alpha value is -5.28. The van der Waals surface area contributed by atoms with Gasteiger partial charge >= 0.3 is 11.9 Å². The van der Waals surface area contributed by atoms with E-state index >= 15 is 0 Å². The van der Waals surface area contributed by atoms with Crippen LogP contribution in [0.15, 0.2) is 83.6 Å². The summed E-state index contributed by atoms with van der Waals surface area (Å²) in [4.78, 5) is 80.6. The van der Waals surface area contributed by atoms with Gasteiger partial charge in [-0.1, -0.05) is 145 Å². The molecule has 2 aliphatic heterocycles. The Morgan fingerprint density at radius 2 is 1.40 bits per heavy atom. The fourth-order valence-corrected chi connectivity index (χ4v) is 13.6. The normalized spacial score (nSPS) is 30.2. The van der Waals surface area contributed by atoms with Gasteiger partial charge in [0.1, 0.15) is 18.0 Å². The van der Waals surface area contributed by atoms with Crippen molar-refractivity contribution in [3.8, 4) is 0 Å². The highest BCUT2D eigenvalue weighted by atomic mass is 16.6. The molecule has 0 aromatic heterocycles. The van der Waals surface area contributed by atoms with Gasteiger partial charge in [-0.25, -0.2) is 9.59 Å². The molecule has 584 valence electrons. The van der Waals surface area contributed by atoms with Crippen molar-refractivity contribution in [2.75, 3.05) is 7.11 Å². The fourth-order valence-electron chi connectivity index (χ4n) is 13.6. The van der Waals surface area contributed by atoms with E-state index in [0.717, 1.165) is 38.2 Å². The number of Topliss-reactive ketones (excluding diaryl/α,β-unsaturated/α-hetero) is 1. The van der Waals surface area contributed by atoms with Crippen LogP contribution in [0.5, 0.6) is 0 Å². The zero-order valence-electron chi connectivity index (χ0n) is 64.7. The molecule has 14 N–H and O–H groups in total. The maximum atomic E-state index is 14.2. The molecule has 0 aromatic rings. The zero-order valence-corrected chi connectivity index (χ0v) is 64.7. The molecule has 0 aromatic carbocycles. The smallest absolute Gasteiger partial charge is 0.335 e. The quantitative estimate of drug-likeness (QED) is 0.0214. The lowest BCUT2D eigenvalue weighted by atomic mass is 9.77. The number of ketones is 1. The number of carbonyl (C=O) groups excluding carboxylic acids is 5. The van der Waals surface area contributed by atoms with E-state index in [4.69, 9.17) is 14.2 Å². The molecular weight excluding hydrogens is 1310 g/mol. The molecule has 2 aliphatic rings. The van der Waals surface area contributed by atoms with E-state index in [1.54, 1.807) is 101 Å². The predicted octanol–water partition coefficient (Wildman–Crippen LogP) is 7.60. The highest BCUT2D eigenvalue weighted by Gasteiger charge is 2.43. The number of carbonyl (C=O) groups is 6. The minimum absolute atomic E-state index is 0.00325. The minimum Gasteiger partial charge on any atom is -0.479 e. The number of aliphatic hydroxyl groups is 10. The maximum Gasteiger partial charge on any atom is 0.335 e. The molecule has 0 radical (unpaired) electrons. The van der Waals surface area contributed by atoms with E-state index in [9.17, 15) is 84.9 Å². The van der Waals surface area contributed by atoms with E-state index in [1.165, 1.54) is 45.1 Å². The summed E-state index contributed by atoms with van der Waals surface area (Å²) in [6.45, 7) is 32.6. The second-order valence-electron chi connectivity index (χ2n) is 31.6. The average Bonchev–Trinajstić information content (AvgIpc) is 0.843. The Kier molecular flexibility index (Phi) is 40.0. The van der Waals surface area contributed by atoms with Gasteiger partial charge in [-0.3, -0.25) is 19.2 Å². The van der Waals surface area contributed by atoms with Crippen LogP contribution in [0.4, 0.5) is 0 Å². The molecule has 23 heteroatoms. The minimum atomic E-state index is -2.52. The van der Waals surface area contributed by atoms with Gasteiger partial charge in [0, 0.05) is 54.1 Å². The van der Waals surface area contributed by atoms with Gasteiger partial charge in [-0.15, -0.1) is 0 Å². The third kappa shape index (κ3) is 29.9. The van der Waals surface area contributed by atoms with Gasteiger partial charge in [0.05, 0.1) is 85.1 Å². The number of aliphatic carboxylic acids is 1. The van der Waals surface area contributed by atoms with Crippen molar-refractivity contribution >= 4 is 35.4 Å². The SMILES string of the molecule is COC1/C=C/CCCC/C=C/C=C/C(=O)NC(C(O)C(=O)O)C(=O)OC(C(C)C(O)C(NC(=O)C(C)C(O)CCC(C)C(O)/C(C)=C/C(C)(C)C(O)C(CC(C)C)NC(=O)/C=C/C(C)(C)C(=O)C(C)C(O)C(C)C)C(C)O)C/C=C(\C)C(O)C(C)/C=C(\C)C(O)C(C)C(O)CC2CC(C)CC1O2. The first-order valence-electron chi connectivity index (χ1n) is 36.9. The molecule has 1 saturated heterocycles. The zero-order chi connectivity index (χ0) is 78.0. The number of aliphatic hydroxyl groups excluding tert-OH is 10. The molecule has 24 unspecified atom stereocenters. The van der Waals surface area contributed by atoms with Crippen LogP contribution in [0.3, 0.4) is 0 Å². The first-order valence-corrected chi connectivity index (χ1v) is 36.9. The highest BCUT2D eigenvalue weighted by molar-refractivity contribution is 5.94. The lowest BCUT2D eigenvalue weighted by molar-refractivity contribution is -0.167. The number of nitrogens with one attached hydrogen (secondary N) is 3. The Morgan fingerprint density at radius 1 is 0.784 bits per heavy atom. The molecule has 1 fully saturated rings. The second kappa shape index (κ2) is 44.0. The summed E-state index contributed by atoms with van der Waals surface area (Å²) >= 11 is 0. The predicted molar refractivity (Wildman–Crippen MR) is 394 cm³/mol. The van der Waals surface area contributed by atoms with Gasteiger partial charge < -0.3 is 86.3 Å². The van der Waals surface area contributed by atoms with Crippen molar-refractivity contribution in [1.82, 2.24) is 16.0 Å². The number of ether oxygens (including phenoxy) is 3. The molecule has 2 heterocycles. The number of carboxylic acids is 1. The van der Waals surface area contributed by atoms with Crippen LogP contribution in [-0.2, 0) is 43.0 Å². The van der Waals surface area contributed by atoms with E-state index in [1.807, 2.05) is 45.9 Å². The number of esters is 1. The third-order valence-corrected chi connectivity index (χ3v) is 20.7. The lowest BCUT2D eigenvalue weighted by Crippen LogP contribution is -2.57. The van der Waals surface area contributed by atoms with Crippen molar-refractivity contribution in [3.63, 3.8) is 0 Å². The number of rotatable bonds is 27. The number of fused-ring (bicyclic) bond motifs is 2. The lowest BCUT2D eigenvalue weighted by Gasteiger charge is -2.38. The Balaban J connectivity index is 2.46. The average molecular weight is 1440 g/mol. The van der Waals surface area contributed by atoms with Gasteiger partial charge in [-0.05, 0) is 152 Å². The van der Waals surface area contributed by atoms with Crippen LogP contribution in [0.25, 0.3) is 0 Å². The van der Waals surface area contributed by atoms with Crippen LogP contribution < -0.4 is 16.0 Å². The molecule has 2 rings (SSSR count). The highest BCUT2D eigenvalue weighted by Crippen LogP contribution is 2.35. The van der Waals surface area contributed by atoms with Crippen molar-refractivity contribution in [1.29, 1.82) is 0 Å². The Labute approximate surface area is 608 Å². The maximum absolute atomic E-state index is 14.2. The monoisotopic (exact) mass is 1440 g/mol. The van der Waals surface area contributed by atoms with Crippen LogP contribution >= 0.6 is 0 Å². The summed E-state index contributed by atoms with van der Waals surface area (Å²) in [6.07, 6.45) is 6.85. The molecule has 3 amide bonds. The van der Waals surface area contributed by atoms with E-state index in [2.05, 4.69) is 22.9 Å². The molecule has 0 spiro atoms. The molecule has 24 atom stereocenters. The van der Waals surface area contributed by atoms with Crippen LogP contribution in [-0.4, -0.2) is 202 Å². The number of hydrogen-bond donors (Lipinski definition) is 14. The standard InChI is InChI=1S/C79H133N3O20/c1-43(2)37-57(80-64(87)35-36-78(16,17)73(94)54(14)67(88)44(3)4)74(95)79(18,19)42-50(10)69(90)46(6)31-33-58(84)52(12)75(96)82-65(55(15)83)71(92)53(13)60-34-32-47(7)68(89)48(8)40-49(9)70(91)51(11)59(85)41-56-38-45(5)39-62(101-56)61(100-20)29-27-25-23-21-22-24-26-28-30-63(86)81-66(77(99)102-60)72(93)76(97)98/h24,26-30,32,35-36,40,42-46,48,51-62,65-72,74,83-85,88-93,95H,21-23,25,31,33-34,37-39,41H2,1-20H3,(H,80,87)(H,81,86)(H,82,96)(H,97,98)/b26-24+,29-27+,30-28+,36-35+,47-32+,49-40+,50-42+. The van der Waals surface area contributed by atoms with Crippen LogP contribution in [0.2, 0.25) is 0 Å². The number of cyclic esters (lactones) is 1. The fraction of sp³-hybridized carbons (Fsp3) is 0.747.